The molecule has 32 heavy (non-hydrogen) atoms. The van der Waals surface area contributed by atoms with Crippen LogP contribution in [0.4, 0.5) is 8.78 Å². The van der Waals surface area contributed by atoms with Crippen molar-refractivity contribution < 1.29 is 22.6 Å². The molecule has 2 aromatic heterocycles. The number of nitrogens with zero attached hydrogens (tertiary/aromatic N) is 2. The Bertz CT molecular complexity index is 1210. The van der Waals surface area contributed by atoms with Gasteiger partial charge < -0.3 is 18.4 Å². The third-order valence-electron chi connectivity index (χ3n) is 5.19. The lowest BCUT2D eigenvalue weighted by Crippen LogP contribution is -2.15. The van der Waals surface area contributed by atoms with Crippen LogP contribution in [0.15, 0.2) is 60.8 Å². The van der Waals surface area contributed by atoms with Gasteiger partial charge in [-0.1, -0.05) is 24.3 Å². The van der Waals surface area contributed by atoms with E-state index in [4.69, 9.17) is 13.8 Å². The van der Waals surface area contributed by atoms with Gasteiger partial charge >= 0.3 is 5.66 Å². The predicted molar refractivity (Wildman–Crippen MR) is 123 cm³/mol. The molecule has 5 nitrogen and oxygen atoms in total. The minimum atomic E-state index is -3.19. The van der Waals surface area contributed by atoms with Crippen molar-refractivity contribution in [1.82, 2.24) is 9.55 Å². The van der Waals surface area contributed by atoms with Crippen LogP contribution >= 0.6 is 8.38 Å². The molecular weight excluding hydrogens is 433 g/mol. The Morgan fingerprint density at radius 1 is 0.969 bits per heavy atom. The molecule has 2 heterocycles. The molecule has 0 saturated heterocycles. The highest BCUT2D eigenvalue weighted by Gasteiger charge is 2.44. The molecular formula is C24H25F2N2O3P. The molecule has 0 aliphatic carbocycles. The second-order valence-electron chi connectivity index (χ2n) is 7.17. The number of methoxy groups -OCH3 is 1. The summed E-state index contributed by atoms with van der Waals surface area (Å²) in [6.45, 7) is 4.24. The average molecular weight is 458 g/mol. The van der Waals surface area contributed by atoms with E-state index in [1.54, 1.807) is 39.3 Å². The van der Waals surface area contributed by atoms with E-state index in [2.05, 4.69) is 9.55 Å². The Hall–Kier alpha value is -2.60. The maximum Gasteiger partial charge on any atom is 0.339 e. The van der Waals surface area contributed by atoms with E-state index >= 15 is 0 Å². The molecule has 0 saturated carbocycles. The molecule has 0 fully saturated rings. The van der Waals surface area contributed by atoms with Gasteiger partial charge in [-0.05, 0) is 49.7 Å². The van der Waals surface area contributed by atoms with Crippen LogP contribution in [-0.2, 0) is 21.3 Å². The fourth-order valence-electron chi connectivity index (χ4n) is 3.72. The number of benzene rings is 2. The Morgan fingerprint density at radius 2 is 1.69 bits per heavy atom. The molecule has 0 N–H and O–H groups in total. The Labute approximate surface area is 186 Å². The quantitative estimate of drug-likeness (QED) is 0.263. The summed E-state index contributed by atoms with van der Waals surface area (Å²) in [5, 5.41) is 0.988. The molecule has 0 amide bonds. The monoisotopic (exact) mass is 458 g/mol. The maximum absolute atomic E-state index is 14.9. The summed E-state index contributed by atoms with van der Waals surface area (Å²) in [6, 6.07) is 16.1. The van der Waals surface area contributed by atoms with E-state index in [-0.39, 0.29) is 18.8 Å². The van der Waals surface area contributed by atoms with Crippen LogP contribution in [0.5, 0.6) is 5.75 Å². The van der Waals surface area contributed by atoms with Crippen molar-refractivity contribution in [2.75, 3.05) is 20.3 Å². The molecule has 0 radical (unpaired) electrons. The molecule has 0 aliphatic heterocycles. The average Bonchev–Trinajstić information content (AvgIpc) is 3.12. The van der Waals surface area contributed by atoms with Gasteiger partial charge in [-0.2, -0.15) is 8.78 Å². The van der Waals surface area contributed by atoms with Gasteiger partial charge in [0.1, 0.15) is 5.75 Å². The summed E-state index contributed by atoms with van der Waals surface area (Å²) in [6.07, 6.45) is 1.76. The normalized spacial score (nSPS) is 12.2. The molecule has 168 valence electrons. The van der Waals surface area contributed by atoms with Crippen LogP contribution in [-0.4, -0.2) is 29.9 Å². The second kappa shape index (κ2) is 9.49. The summed E-state index contributed by atoms with van der Waals surface area (Å²) < 4.78 is 47.8. The summed E-state index contributed by atoms with van der Waals surface area (Å²) in [5.74, 6) is 0.758. The molecule has 0 bridgehead atoms. The summed E-state index contributed by atoms with van der Waals surface area (Å²) in [4.78, 5) is 4.55. The fraction of sp³-hybridized carbons (Fsp3) is 0.292. The van der Waals surface area contributed by atoms with Crippen molar-refractivity contribution in [3.63, 3.8) is 0 Å². The number of halogens is 2. The van der Waals surface area contributed by atoms with Crippen LogP contribution < -0.4 is 4.74 Å². The minimum Gasteiger partial charge on any atom is -0.497 e. The number of pyridine rings is 1. The van der Waals surface area contributed by atoms with Crippen molar-refractivity contribution in [3.8, 4) is 5.75 Å². The van der Waals surface area contributed by atoms with E-state index in [9.17, 15) is 8.78 Å². The highest BCUT2D eigenvalue weighted by atomic mass is 31.2. The van der Waals surface area contributed by atoms with Gasteiger partial charge in [0.05, 0.1) is 36.9 Å². The first-order valence-corrected chi connectivity index (χ1v) is 11.6. The SMILES string of the molecule is CCOP(OCC)C(F)(F)c1ccc(Cn2c3ccc(OC)cc3c3ncccc32)cc1. The fourth-order valence-corrected chi connectivity index (χ4v) is 4.95. The summed E-state index contributed by atoms with van der Waals surface area (Å²) >= 11 is 0. The van der Waals surface area contributed by atoms with Crippen molar-refractivity contribution in [1.29, 1.82) is 0 Å². The molecule has 0 unspecified atom stereocenters. The smallest absolute Gasteiger partial charge is 0.339 e. The molecule has 0 spiro atoms. The number of fused-ring (bicyclic) bond motifs is 3. The first-order chi connectivity index (χ1) is 15.5. The van der Waals surface area contributed by atoms with E-state index in [1.165, 1.54) is 12.1 Å². The van der Waals surface area contributed by atoms with Crippen molar-refractivity contribution in [2.45, 2.75) is 26.1 Å². The van der Waals surface area contributed by atoms with Crippen LogP contribution in [0.2, 0.25) is 0 Å². The van der Waals surface area contributed by atoms with Gasteiger partial charge in [-0.25, -0.2) is 0 Å². The Balaban J connectivity index is 1.68. The zero-order valence-corrected chi connectivity index (χ0v) is 19.1. The van der Waals surface area contributed by atoms with Gasteiger partial charge in [-0.15, -0.1) is 0 Å². The van der Waals surface area contributed by atoms with E-state index in [1.807, 2.05) is 30.3 Å². The van der Waals surface area contributed by atoms with Crippen LogP contribution in [0.25, 0.3) is 21.9 Å². The van der Waals surface area contributed by atoms with Gasteiger partial charge in [0, 0.05) is 23.7 Å². The number of rotatable bonds is 9. The molecule has 8 heteroatoms. The highest BCUT2D eigenvalue weighted by molar-refractivity contribution is 7.48. The van der Waals surface area contributed by atoms with Crippen molar-refractivity contribution in [2.24, 2.45) is 0 Å². The number of hydrogen-bond donors (Lipinski definition) is 0. The van der Waals surface area contributed by atoms with Crippen LogP contribution in [0.3, 0.4) is 0 Å². The van der Waals surface area contributed by atoms with E-state index in [0.717, 1.165) is 33.2 Å². The van der Waals surface area contributed by atoms with E-state index in [0.29, 0.717) is 6.54 Å². The first-order valence-electron chi connectivity index (χ1n) is 10.4. The first kappa shape index (κ1) is 22.6. The van der Waals surface area contributed by atoms with Crippen LogP contribution in [0, 0.1) is 0 Å². The largest absolute Gasteiger partial charge is 0.497 e. The Morgan fingerprint density at radius 3 is 2.34 bits per heavy atom. The van der Waals surface area contributed by atoms with Gasteiger partial charge in [0.2, 0.25) is 0 Å². The topological polar surface area (TPSA) is 45.5 Å². The standard InChI is InChI=1S/C24H25F2N2O3P/c1-4-30-32(31-5-2)24(25,26)18-10-8-17(9-11-18)16-28-21-13-12-19(29-3)15-20(21)23-22(28)7-6-14-27-23/h6-15H,4-5,16H2,1-3H3. The molecule has 4 rings (SSSR count). The Kier molecular flexibility index (Phi) is 6.70. The number of ether oxygens (including phenoxy) is 1. The molecule has 2 aromatic carbocycles. The number of aromatic nitrogens is 2. The summed E-state index contributed by atoms with van der Waals surface area (Å²) in [7, 11) is -0.708. The van der Waals surface area contributed by atoms with Crippen molar-refractivity contribution >= 4 is 30.3 Å². The highest BCUT2D eigenvalue weighted by Crippen LogP contribution is 2.59. The second-order valence-corrected chi connectivity index (χ2v) is 8.76. The zero-order chi connectivity index (χ0) is 22.7. The van der Waals surface area contributed by atoms with Gasteiger partial charge in [-0.3, -0.25) is 4.98 Å². The maximum atomic E-state index is 14.9. The van der Waals surface area contributed by atoms with Crippen molar-refractivity contribution in [3.05, 3.63) is 71.9 Å². The third kappa shape index (κ3) is 4.20. The lowest BCUT2D eigenvalue weighted by Gasteiger charge is -2.25. The third-order valence-corrected chi connectivity index (χ3v) is 6.89. The molecule has 0 atom stereocenters. The number of hydrogen-bond acceptors (Lipinski definition) is 4. The lowest BCUT2D eigenvalue weighted by atomic mass is 10.1. The van der Waals surface area contributed by atoms with E-state index < -0.39 is 14.0 Å². The minimum absolute atomic E-state index is 0.108. The zero-order valence-electron chi connectivity index (χ0n) is 18.2. The molecule has 4 aromatic rings. The predicted octanol–water partition coefficient (Wildman–Crippen LogP) is 6.68. The van der Waals surface area contributed by atoms with Gasteiger partial charge in [0.25, 0.3) is 8.38 Å². The summed E-state index contributed by atoms with van der Waals surface area (Å²) in [5.41, 5.74) is 0.464. The van der Waals surface area contributed by atoms with Gasteiger partial charge in [0.15, 0.2) is 0 Å². The molecule has 0 aliphatic rings. The number of alkyl halides is 2. The van der Waals surface area contributed by atoms with Crippen LogP contribution in [0.1, 0.15) is 25.0 Å². The lowest BCUT2D eigenvalue weighted by molar-refractivity contribution is 0.0570.